The third-order valence-electron chi connectivity index (χ3n) is 2.79. The van der Waals surface area contributed by atoms with Gasteiger partial charge in [-0.15, -0.1) is 5.10 Å². The molecule has 0 aliphatic heterocycles. The Labute approximate surface area is 119 Å². The van der Waals surface area contributed by atoms with Gasteiger partial charge in [-0.3, -0.25) is 0 Å². The summed E-state index contributed by atoms with van der Waals surface area (Å²) in [5, 5.41) is 21.7. The number of aryl methyl sites for hydroxylation is 1. The lowest BCUT2D eigenvalue weighted by Gasteiger charge is -2.04. The van der Waals surface area contributed by atoms with Crippen molar-refractivity contribution in [2.24, 2.45) is 7.05 Å². The molecule has 0 atom stereocenters. The lowest BCUT2D eigenvalue weighted by molar-refractivity contribution is 0.475. The van der Waals surface area contributed by atoms with Crippen molar-refractivity contribution in [3.63, 3.8) is 0 Å². The normalized spacial score (nSPS) is 10.8. The molecule has 2 heterocycles. The molecule has 0 aliphatic carbocycles. The molecular formula is C12H12N6OS. The molecule has 3 rings (SSSR count). The SMILES string of the molecule is Cn1ccnc1CSc1nnnn1-c1ccc(O)cc1. The van der Waals surface area contributed by atoms with Crippen LogP contribution in [0.2, 0.25) is 0 Å². The standard InChI is InChI=1S/C12H12N6OS/c1-17-7-6-13-11(17)8-20-12-14-15-16-18(12)9-2-4-10(19)5-3-9/h2-7,19H,8H2,1H3. The molecule has 20 heavy (non-hydrogen) atoms. The molecule has 0 aliphatic rings. The Morgan fingerprint density at radius 2 is 2.05 bits per heavy atom. The zero-order valence-corrected chi connectivity index (χ0v) is 11.5. The minimum atomic E-state index is 0.212. The highest BCUT2D eigenvalue weighted by Gasteiger charge is 2.10. The van der Waals surface area contributed by atoms with E-state index in [-0.39, 0.29) is 5.75 Å². The number of phenols is 1. The fourth-order valence-corrected chi connectivity index (χ4v) is 2.58. The first-order valence-corrected chi connectivity index (χ1v) is 6.89. The average Bonchev–Trinajstić information content (AvgIpc) is 3.06. The van der Waals surface area contributed by atoms with Crippen LogP contribution in [0.15, 0.2) is 41.8 Å². The van der Waals surface area contributed by atoms with Crippen LogP contribution in [0.1, 0.15) is 5.82 Å². The molecule has 7 nitrogen and oxygen atoms in total. The minimum absolute atomic E-state index is 0.212. The zero-order valence-electron chi connectivity index (χ0n) is 10.7. The topological polar surface area (TPSA) is 81.7 Å². The fraction of sp³-hybridized carbons (Fsp3) is 0.167. The molecule has 0 saturated heterocycles. The molecule has 102 valence electrons. The fourth-order valence-electron chi connectivity index (χ4n) is 1.69. The van der Waals surface area contributed by atoms with Crippen molar-refractivity contribution in [1.82, 2.24) is 29.8 Å². The van der Waals surface area contributed by atoms with E-state index in [2.05, 4.69) is 20.5 Å². The first-order valence-electron chi connectivity index (χ1n) is 5.91. The van der Waals surface area contributed by atoms with Gasteiger partial charge in [-0.25, -0.2) is 4.98 Å². The summed E-state index contributed by atoms with van der Waals surface area (Å²) in [6.07, 6.45) is 3.66. The predicted molar refractivity (Wildman–Crippen MR) is 73.6 cm³/mol. The van der Waals surface area contributed by atoms with Crippen molar-refractivity contribution < 1.29 is 5.11 Å². The number of imidazole rings is 1. The van der Waals surface area contributed by atoms with Crippen LogP contribution in [-0.4, -0.2) is 34.9 Å². The summed E-state index contributed by atoms with van der Waals surface area (Å²) < 4.78 is 3.59. The molecule has 0 unspecified atom stereocenters. The molecule has 0 spiro atoms. The summed E-state index contributed by atoms with van der Waals surface area (Å²) in [6.45, 7) is 0. The predicted octanol–water partition coefficient (Wildman–Crippen LogP) is 1.39. The molecule has 0 radical (unpaired) electrons. The second kappa shape index (κ2) is 5.33. The van der Waals surface area contributed by atoms with Gasteiger partial charge in [0.2, 0.25) is 5.16 Å². The molecule has 0 saturated carbocycles. The van der Waals surface area contributed by atoms with Gasteiger partial charge in [-0.2, -0.15) is 4.68 Å². The van der Waals surface area contributed by atoms with Crippen molar-refractivity contribution in [2.45, 2.75) is 10.9 Å². The Kier molecular flexibility index (Phi) is 3.38. The third kappa shape index (κ3) is 2.50. The third-order valence-corrected chi connectivity index (χ3v) is 3.70. The van der Waals surface area contributed by atoms with Gasteiger partial charge >= 0.3 is 0 Å². The molecule has 0 amide bonds. The summed E-state index contributed by atoms with van der Waals surface area (Å²) in [4.78, 5) is 4.26. The molecule has 0 bridgehead atoms. The van der Waals surface area contributed by atoms with Crippen molar-refractivity contribution in [3.05, 3.63) is 42.5 Å². The monoisotopic (exact) mass is 288 g/mol. The Morgan fingerprint density at radius 3 is 2.75 bits per heavy atom. The van der Waals surface area contributed by atoms with Crippen LogP contribution in [0.25, 0.3) is 5.69 Å². The number of phenolic OH excluding ortho intramolecular Hbond substituents is 1. The Hall–Kier alpha value is -2.35. The van der Waals surface area contributed by atoms with E-state index >= 15 is 0 Å². The van der Waals surface area contributed by atoms with Gasteiger partial charge in [0.1, 0.15) is 11.6 Å². The van der Waals surface area contributed by atoms with Crippen LogP contribution < -0.4 is 0 Å². The van der Waals surface area contributed by atoms with Crippen molar-refractivity contribution >= 4 is 11.8 Å². The number of hydrogen-bond donors (Lipinski definition) is 1. The summed E-state index contributed by atoms with van der Waals surface area (Å²) in [7, 11) is 1.95. The molecular weight excluding hydrogens is 276 g/mol. The molecule has 1 N–H and O–H groups in total. The molecule has 8 heteroatoms. The summed E-state index contributed by atoms with van der Waals surface area (Å²) in [6, 6.07) is 6.72. The van der Waals surface area contributed by atoms with Gasteiger partial charge in [-0.05, 0) is 34.7 Å². The number of benzene rings is 1. The lowest BCUT2D eigenvalue weighted by Crippen LogP contribution is -2.00. The van der Waals surface area contributed by atoms with E-state index in [0.29, 0.717) is 10.9 Å². The largest absolute Gasteiger partial charge is 0.508 e. The quantitative estimate of drug-likeness (QED) is 0.731. The van der Waals surface area contributed by atoms with E-state index in [4.69, 9.17) is 0 Å². The molecule has 0 fully saturated rings. The maximum absolute atomic E-state index is 9.31. The number of tetrazole rings is 1. The molecule has 3 aromatic rings. The minimum Gasteiger partial charge on any atom is -0.508 e. The Bertz CT molecular complexity index is 705. The van der Waals surface area contributed by atoms with Crippen LogP contribution in [0.5, 0.6) is 5.75 Å². The Morgan fingerprint density at radius 1 is 1.25 bits per heavy atom. The number of aromatic hydroxyl groups is 1. The zero-order chi connectivity index (χ0) is 13.9. The van der Waals surface area contributed by atoms with E-state index < -0.39 is 0 Å². The van der Waals surface area contributed by atoms with Crippen LogP contribution in [0.4, 0.5) is 0 Å². The highest BCUT2D eigenvalue weighted by molar-refractivity contribution is 7.98. The van der Waals surface area contributed by atoms with Gasteiger partial charge in [-0.1, -0.05) is 11.8 Å². The van der Waals surface area contributed by atoms with Crippen molar-refractivity contribution in [2.75, 3.05) is 0 Å². The van der Waals surface area contributed by atoms with Gasteiger partial charge in [0.25, 0.3) is 0 Å². The highest BCUT2D eigenvalue weighted by atomic mass is 32.2. The molecule has 2 aromatic heterocycles. The van der Waals surface area contributed by atoms with Crippen molar-refractivity contribution in [1.29, 1.82) is 0 Å². The number of aromatic nitrogens is 6. The van der Waals surface area contributed by atoms with Gasteiger partial charge in [0.15, 0.2) is 0 Å². The Balaban J connectivity index is 1.80. The number of rotatable bonds is 4. The maximum Gasteiger partial charge on any atom is 0.214 e. The highest BCUT2D eigenvalue weighted by Crippen LogP contribution is 2.22. The van der Waals surface area contributed by atoms with E-state index in [9.17, 15) is 5.11 Å². The average molecular weight is 288 g/mol. The number of thioether (sulfide) groups is 1. The van der Waals surface area contributed by atoms with Gasteiger partial charge in [0.05, 0.1) is 11.4 Å². The second-order valence-corrected chi connectivity index (χ2v) is 5.08. The summed E-state index contributed by atoms with van der Waals surface area (Å²) in [5.74, 6) is 1.85. The van der Waals surface area contributed by atoms with E-state index in [1.54, 1.807) is 35.1 Å². The van der Waals surface area contributed by atoms with Crippen LogP contribution in [-0.2, 0) is 12.8 Å². The van der Waals surface area contributed by atoms with Gasteiger partial charge in [0, 0.05) is 19.4 Å². The van der Waals surface area contributed by atoms with E-state index in [0.717, 1.165) is 11.5 Å². The van der Waals surface area contributed by atoms with Crippen LogP contribution >= 0.6 is 11.8 Å². The van der Waals surface area contributed by atoms with Crippen LogP contribution in [0, 0.1) is 0 Å². The second-order valence-electron chi connectivity index (χ2n) is 4.13. The summed E-state index contributed by atoms with van der Waals surface area (Å²) >= 11 is 1.51. The van der Waals surface area contributed by atoms with Gasteiger partial charge < -0.3 is 9.67 Å². The first-order chi connectivity index (χ1) is 9.74. The van der Waals surface area contributed by atoms with E-state index in [1.165, 1.54) is 11.8 Å². The maximum atomic E-state index is 9.31. The smallest absolute Gasteiger partial charge is 0.214 e. The number of hydrogen-bond acceptors (Lipinski definition) is 6. The number of nitrogens with zero attached hydrogens (tertiary/aromatic N) is 6. The van der Waals surface area contributed by atoms with Crippen molar-refractivity contribution in [3.8, 4) is 11.4 Å². The van der Waals surface area contributed by atoms with Crippen LogP contribution in [0.3, 0.4) is 0 Å². The first kappa shape index (κ1) is 12.7. The summed E-state index contributed by atoms with van der Waals surface area (Å²) in [5.41, 5.74) is 0.801. The lowest BCUT2D eigenvalue weighted by atomic mass is 10.3. The van der Waals surface area contributed by atoms with E-state index in [1.807, 2.05) is 17.8 Å². The molecule has 1 aromatic carbocycles.